The predicted octanol–water partition coefficient (Wildman–Crippen LogP) is 2.96. The molecule has 1 atom stereocenters. The van der Waals surface area contributed by atoms with E-state index < -0.39 is 0 Å². The molecule has 1 aromatic carbocycles. The molecule has 60 valence electrons. The predicted molar refractivity (Wildman–Crippen MR) is 50.6 cm³/mol. The Balaban J connectivity index is 3.15. The first kappa shape index (κ1) is 8.55. The van der Waals surface area contributed by atoms with Crippen molar-refractivity contribution in [1.82, 2.24) is 0 Å². The van der Waals surface area contributed by atoms with Crippen LogP contribution in [0.25, 0.3) is 6.08 Å². The van der Waals surface area contributed by atoms with E-state index in [1.54, 1.807) is 6.08 Å². The minimum absolute atomic E-state index is 0.0563. The Morgan fingerprint density at radius 2 is 2.17 bits per heavy atom. The van der Waals surface area contributed by atoms with Crippen molar-refractivity contribution in [3.8, 4) is 6.07 Å². The molecule has 0 saturated heterocycles. The van der Waals surface area contributed by atoms with Crippen LogP contribution in [0.4, 0.5) is 0 Å². The Morgan fingerprint density at radius 1 is 1.50 bits per heavy atom. The highest BCUT2D eigenvalue weighted by Crippen LogP contribution is 2.19. The summed E-state index contributed by atoms with van der Waals surface area (Å²) >= 11 is 0. The van der Waals surface area contributed by atoms with E-state index in [1.807, 2.05) is 31.2 Å². The minimum atomic E-state index is -0.0563. The summed E-state index contributed by atoms with van der Waals surface area (Å²) in [6.07, 6.45) is 1.78. The standard InChI is InChI=1S/C11H11N/c1-3-10-6-4-5-7-11(10)9(2)8-12/h3-7,9H,1H2,2H3. The van der Waals surface area contributed by atoms with Crippen molar-refractivity contribution in [2.24, 2.45) is 0 Å². The molecule has 1 nitrogen and oxygen atoms in total. The van der Waals surface area contributed by atoms with E-state index in [0.717, 1.165) is 11.1 Å². The highest BCUT2D eigenvalue weighted by molar-refractivity contribution is 5.53. The van der Waals surface area contributed by atoms with Crippen LogP contribution in [0, 0.1) is 11.3 Å². The summed E-state index contributed by atoms with van der Waals surface area (Å²) in [5.74, 6) is -0.0563. The van der Waals surface area contributed by atoms with E-state index in [1.165, 1.54) is 0 Å². The molecule has 0 aliphatic rings. The topological polar surface area (TPSA) is 23.8 Å². The van der Waals surface area contributed by atoms with Crippen LogP contribution >= 0.6 is 0 Å². The fourth-order valence-electron chi connectivity index (χ4n) is 1.16. The quantitative estimate of drug-likeness (QED) is 0.647. The monoisotopic (exact) mass is 157 g/mol. The van der Waals surface area contributed by atoms with Crippen LogP contribution in [0.3, 0.4) is 0 Å². The van der Waals surface area contributed by atoms with Gasteiger partial charge in [0, 0.05) is 0 Å². The van der Waals surface area contributed by atoms with Crippen LogP contribution in [0.5, 0.6) is 0 Å². The van der Waals surface area contributed by atoms with Crippen molar-refractivity contribution in [3.05, 3.63) is 42.0 Å². The molecule has 0 aliphatic carbocycles. The van der Waals surface area contributed by atoms with Crippen LogP contribution in [0.1, 0.15) is 24.0 Å². The smallest absolute Gasteiger partial charge is 0.0701 e. The SMILES string of the molecule is C=Cc1ccccc1C(C)C#N. The number of benzene rings is 1. The van der Waals surface area contributed by atoms with Gasteiger partial charge in [-0.15, -0.1) is 0 Å². The lowest BCUT2D eigenvalue weighted by Gasteiger charge is -2.05. The van der Waals surface area contributed by atoms with E-state index in [0.29, 0.717) is 0 Å². The number of nitrogens with zero attached hydrogens (tertiary/aromatic N) is 1. The number of rotatable bonds is 2. The largest absolute Gasteiger partial charge is 0.198 e. The van der Waals surface area contributed by atoms with Gasteiger partial charge < -0.3 is 0 Å². The van der Waals surface area contributed by atoms with E-state index >= 15 is 0 Å². The molecule has 12 heavy (non-hydrogen) atoms. The van der Waals surface area contributed by atoms with Gasteiger partial charge in [-0.25, -0.2) is 0 Å². The van der Waals surface area contributed by atoms with Gasteiger partial charge in [-0.2, -0.15) is 5.26 Å². The van der Waals surface area contributed by atoms with E-state index in [2.05, 4.69) is 12.6 Å². The van der Waals surface area contributed by atoms with Gasteiger partial charge >= 0.3 is 0 Å². The van der Waals surface area contributed by atoms with Crippen LogP contribution in [-0.4, -0.2) is 0 Å². The van der Waals surface area contributed by atoms with Gasteiger partial charge in [0.2, 0.25) is 0 Å². The van der Waals surface area contributed by atoms with E-state index in [-0.39, 0.29) is 5.92 Å². The average molecular weight is 157 g/mol. The second-order valence-corrected chi connectivity index (χ2v) is 2.68. The average Bonchev–Trinajstić information content (AvgIpc) is 2.16. The first-order valence-electron chi connectivity index (χ1n) is 3.90. The fraction of sp³-hybridized carbons (Fsp3) is 0.182. The molecule has 0 saturated carbocycles. The zero-order chi connectivity index (χ0) is 8.97. The van der Waals surface area contributed by atoms with Crippen molar-refractivity contribution >= 4 is 6.08 Å². The van der Waals surface area contributed by atoms with Gasteiger partial charge in [0.25, 0.3) is 0 Å². The maximum absolute atomic E-state index is 8.72. The first-order valence-corrected chi connectivity index (χ1v) is 3.90. The van der Waals surface area contributed by atoms with Gasteiger partial charge in [0.1, 0.15) is 0 Å². The summed E-state index contributed by atoms with van der Waals surface area (Å²) in [6.45, 7) is 5.59. The molecule has 0 fully saturated rings. The molecule has 1 aromatic rings. The Morgan fingerprint density at radius 3 is 2.75 bits per heavy atom. The van der Waals surface area contributed by atoms with Crippen LogP contribution < -0.4 is 0 Å². The van der Waals surface area contributed by atoms with Crippen LogP contribution in [0.2, 0.25) is 0 Å². The highest BCUT2D eigenvalue weighted by Gasteiger charge is 2.05. The van der Waals surface area contributed by atoms with Crippen molar-refractivity contribution in [2.75, 3.05) is 0 Å². The second kappa shape index (κ2) is 3.73. The lowest BCUT2D eigenvalue weighted by Crippen LogP contribution is -1.92. The first-order chi connectivity index (χ1) is 5.79. The summed E-state index contributed by atoms with van der Waals surface area (Å²) in [7, 11) is 0. The lowest BCUT2D eigenvalue weighted by atomic mass is 9.97. The van der Waals surface area contributed by atoms with Crippen molar-refractivity contribution in [2.45, 2.75) is 12.8 Å². The molecule has 1 rings (SSSR count). The summed E-state index contributed by atoms with van der Waals surface area (Å²) in [5, 5.41) is 8.72. The Hall–Kier alpha value is -1.55. The highest BCUT2D eigenvalue weighted by atomic mass is 14.3. The van der Waals surface area contributed by atoms with Gasteiger partial charge in [-0.1, -0.05) is 36.9 Å². The van der Waals surface area contributed by atoms with E-state index in [4.69, 9.17) is 5.26 Å². The summed E-state index contributed by atoms with van der Waals surface area (Å²) in [4.78, 5) is 0. The van der Waals surface area contributed by atoms with Gasteiger partial charge in [0.15, 0.2) is 0 Å². The van der Waals surface area contributed by atoms with Crippen molar-refractivity contribution in [1.29, 1.82) is 5.26 Å². The van der Waals surface area contributed by atoms with Gasteiger partial charge in [0.05, 0.1) is 12.0 Å². The normalized spacial score (nSPS) is 11.7. The molecule has 0 heterocycles. The van der Waals surface area contributed by atoms with Gasteiger partial charge in [-0.05, 0) is 18.1 Å². The van der Waals surface area contributed by atoms with Crippen LogP contribution in [0.15, 0.2) is 30.8 Å². The third-order valence-corrected chi connectivity index (χ3v) is 1.88. The Bertz CT molecular complexity index is 320. The number of nitriles is 1. The molecule has 0 spiro atoms. The maximum atomic E-state index is 8.72. The molecule has 1 unspecified atom stereocenters. The van der Waals surface area contributed by atoms with Crippen molar-refractivity contribution in [3.63, 3.8) is 0 Å². The molecular weight excluding hydrogens is 146 g/mol. The summed E-state index contributed by atoms with van der Waals surface area (Å²) in [5.41, 5.74) is 2.10. The molecule has 1 heteroatoms. The van der Waals surface area contributed by atoms with Crippen molar-refractivity contribution < 1.29 is 0 Å². The summed E-state index contributed by atoms with van der Waals surface area (Å²) < 4.78 is 0. The zero-order valence-electron chi connectivity index (χ0n) is 7.12. The third-order valence-electron chi connectivity index (χ3n) is 1.88. The van der Waals surface area contributed by atoms with Gasteiger partial charge in [-0.3, -0.25) is 0 Å². The molecule has 0 bridgehead atoms. The molecule has 0 N–H and O–H groups in total. The zero-order valence-corrected chi connectivity index (χ0v) is 7.12. The number of hydrogen-bond donors (Lipinski definition) is 0. The lowest BCUT2D eigenvalue weighted by molar-refractivity contribution is 0.978. The molecule has 0 aromatic heterocycles. The maximum Gasteiger partial charge on any atom is 0.0701 e. The molecule has 0 amide bonds. The minimum Gasteiger partial charge on any atom is -0.198 e. The molecule has 0 aliphatic heterocycles. The van der Waals surface area contributed by atoms with E-state index in [9.17, 15) is 0 Å². The third kappa shape index (κ3) is 1.54. The Kier molecular flexibility index (Phi) is 2.66. The number of hydrogen-bond acceptors (Lipinski definition) is 1. The second-order valence-electron chi connectivity index (χ2n) is 2.68. The Labute approximate surface area is 73.0 Å². The molecular formula is C11H11N. The van der Waals surface area contributed by atoms with Crippen LogP contribution in [-0.2, 0) is 0 Å². The molecule has 0 radical (unpaired) electrons. The fourth-order valence-corrected chi connectivity index (χ4v) is 1.16. The summed E-state index contributed by atoms with van der Waals surface area (Å²) in [6, 6.07) is 10.0.